The zero-order valence-electron chi connectivity index (χ0n) is 21.0. The van der Waals surface area contributed by atoms with Crippen LogP contribution in [0.25, 0.3) is 0 Å². The maximum Gasteiger partial charge on any atom is 0.338 e. The summed E-state index contributed by atoms with van der Waals surface area (Å²) in [6.45, 7) is 7.77. The van der Waals surface area contributed by atoms with Crippen molar-refractivity contribution in [3.8, 4) is 11.5 Å². The number of carbonyl (C=O) groups is 2. The number of thioether (sulfide) groups is 1. The molecule has 1 amide bonds. The molecule has 0 radical (unpaired) electrons. The van der Waals surface area contributed by atoms with Gasteiger partial charge in [-0.05, 0) is 68.5 Å². The topological polar surface area (TPSA) is 89.5 Å². The average Bonchev–Trinajstić information content (AvgIpc) is 3.33. The quantitative estimate of drug-likeness (QED) is 0.399. The third kappa shape index (κ3) is 5.94. The van der Waals surface area contributed by atoms with Gasteiger partial charge in [0.15, 0.2) is 23.3 Å². The van der Waals surface area contributed by atoms with E-state index >= 15 is 0 Å². The lowest BCUT2D eigenvalue weighted by atomic mass is 9.94. The Bertz CT molecular complexity index is 1310. The number of anilines is 1. The Hall–Kier alpha value is -3.43. The number of esters is 1. The van der Waals surface area contributed by atoms with Crippen LogP contribution in [0.2, 0.25) is 5.02 Å². The highest BCUT2D eigenvalue weighted by molar-refractivity contribution is 8.16. The minimum atomic E-state index is -0.444. The molecule has 0 saturated heterocycles. The van der Waals surface area contributed by atoms with E-state index in [2.05, 4.69) is 10.3 Å². The molecule has 2 aliphatic rings. The Morgan fingerprint density at radius 1 is 1.08 bits per heavy atom. The third-order valence-electron chi connectivity index (χ3n) is 5.71. The second kappa shape index (κ2) is 11.7. The van der Waals surface area contributed by atoms with Gasteiger partial charge in [0.05, 0.1) is 30.5 Å². The molecule has 0 bridgehead atoms. The predicted molar refractivity (Wildman–Crippen MR) is 146 cm³/mol. The van der Waals surface area contributed by atoms with Crippen molar-refractivity contribution in [2.45, 2.75) is 33.7 Å². The maximum absolute atomic E-state index is 12.9. The summed E-state index contributed by atoms with van der Waals surface area (Å²) in [7, 11) is 0. The molecule has 0 unspecified atom stereocenters. The van der Waals surface area contributed by atoms with Gasteiger partial charge in [0, 0.05) is 16.9 Å². The maximum atomic E-state index is 12.9. The number of ether oxygens (including phenoxy) is 3. The van der Waals surface area contributed by atoms with Gasteiger partial charge in [-0.3, -0.25) is 4.79 Å². The molecule has 8 nitrogen and oxygen atoms in total. The van der Waals surface area contributed by atoms with Gasteiger partial charge in [-0.2, -0.15) is 0 Å². The highest BCUT2D eigenvalue weighted by atomic mass is 35.5. The van der Waals surface area contributed by atoms with Gasteiger partial charge in [0.25, 0.3) is 5.91 Å². The molecule has 0 spiro atoms. The number of halogens is 1. The lowest BCUT2D eigenvalue weighted by Gasteiger charge is -2.33. The van der Waals surface area contributed by atoms with Gasteiger partial charge in [0.1, 0.15) is 0 Å². The Balaban J connectivity index is 1.57. The number of aliphatic imine (C=N–C) groups is 1. The van der Waals surface area contributed by atoms with E-state index in [4.69, 9.17) is 25.8 Å². The lowest BCUT2D eigenvalue weighted by Crippen LogP contribution is -2.34. The van der Waals surface area contributed by atoms with E-state index in [1.54, 1.807) is 25.1 Å². The Morgan fingerprint density at radius 3 is 2.62 bits per heavy atom. The van der Waals surface area contributed by atoms with Crippen molar-refractivity contribution in [1.29, 1.82) is 0 Å². The van der Waals surface area contributed by atoms with Crippen LogP contribution in [0.4, 0.5) is 5.69 Å². The SMILES string of the molecule is CCOC(=O)C1=C(C)N=C2SC=CN2[C@H]1c1ccc(OCC(=O)Nc2ccc(C)c(Cl)c2)c(OCC)c1. The third-order valence-corrected chi connectivity index (χ3v) is 6.89. The molecule has 1 atom stereocenters. The van der Waals surface area contributed by atoms with Crippen molar-refractivity contribution in [1.82, 2.24) is 4.90 Å². The molecule has 10 heteroatoms. The predicted octanol–water partition coefficient (Wildman–Crippen LogP) is 5.83. The van der Waals surface area contributed by atoms with Crippen LogP contribution >= 0.6 is 23.4 Å². The number of allylic oxidation sites excluding steroid dienone is 1. The van der Waals surface area contributed by atoms with Crippen molar-refractivity contribution in [2.75, 3.05) is 25.1 Å². The van der Waals surface area contributed by atoms with Crippen molar-refractivity contribution in [3.05, 3.63) is 75.4 Å². The largest absolute Gasteiger partial charge is 0.490 e. The summed E-state index contributed by atoms with van der Waals surface area (Å²) in [6, 6.07) is 10.3. The highest BCUT2D eigenvalue weighted by Gasteiger charge is 2.37. The Kier molecular flexibility index (Phi) is 8.45. The summed E-state index contributed by atoms with van der Waals surface area (Å²) < 4.78 is 17.0. The summed E-state index contributed by atoms with van der Waals surface area (Å²) in [5.41, 5.74) is 3.39. The van der Waals surface area contributed by atoms with Crippen molar-refractivity contribution in [3.63, 3.8) is 0 Å². The summed E-state index contributed by atoms with van der Waals surface area (Å²) >= 11 is 7.63. The van der Waals surface area contributed by atoms with E-state index in [1.807, 2.05) is 55.5 Å². The summed E-state index contributed by atoms with van der Waals surface area (Å²) in [6.07, 6.45) is 1.90. The number of aryl methyl sites for hydroxylation is 1. The van der Waals surface area contributed by atoms with Crippen molar-refractivity contribution >= 4 is 46.1 Å². The van der Waals surface area contributed by atoms with Crippen LogP contribution in [-0.4, -0.2) is 41.8 Å². The van der Waals surface area contributed by atoms with Crippen molar-refractivity contribution in [2.24, 2.45) is 4.99 Å². The molecule has 2 aromatic carbocycles. The highest BCUT2D eigenvalue weighted by Crippen LogP contribution is 2.43. The first-order valence-electron chi connectivity index (χ1n) is 11.9. The second-order valence-corrected chi connectivity index (χ2v) is 9.55. The monoisotopic (exact) mass is 541 g/mol. The first kappa shape index (κ1) is 26.6. The Morgan fingerprint density at radius 2 is 1.89 bits per heavy atom. The van der Waals surface area contributed by atoms with Gasteiger partial charge in [-0.25, -0.2) is 9.79 Å². The fourth-order valence-electron chi connectivity index (χ4n) is 3.99. The van der Waals surface area contributed by atoms with E-state index < -0.39 is 12.0 Å². The standard InChI is InChI=1S/C27H28ClN3O5S/c1-5-34-22-13-18(25-24(26(33)35-6-2)17(4)29-27-31(25)11-12-37-27)8-10-21(22)36-15-23(32)30-19-9-7-16(3)20(28)14-19/h7-14,25H,5-6,15H2,1-4H3,(H,30,32)/t25-/m0/s1. The van der Waals surface area contributed by atoms with Crippen LogP contribution in [0, 0.1) is 6.92 Å². The van der Waals surface area contributed by atoms with Crippen LogP contribution < -0.4 is 14.8 Å². The summed E-state index contributed by atoms with van der Waals surface area (Å²) in [4.78, 5) is 31.9. The molecule has 37 heavy (non-hydrogen) atoms. The summed E-state index contributed by atoms with van der Waals surface area (Å²) in [5.74, 6) is 0.135. The second-order valence-electron chi connectivity index (χ2n) is 8.27. The molecule has 0 saturated carbocycles. The molecule has 0 aliphatic carbocycles. The minimum absolute atomic E-state index is 0.219. The van der Waals surface area contributed by atoms with Crippen LogP contribution in [0.3, 0.4) is 0 Å². The van der Waals surface area contributed by atoms with E-state index in [-0.39, 0.29) is 19.1 Å². The molecule has 2 heterocycles. The van der Waals surface area contributed by atoms with Gasteiger partial charge in [-0.1, -0.05) is 35.5 Å². The molecule has 0 fully saturated rings. The molecular weight excluding hydrogens is 514 g/mol. The lowest BCUT2D eigenvalue weighted by molar-refractivity contribution is -0.139. The van der Waals surface area contributed by atoms with Gasteiger partial charge < -0.3 is 24.4 Å². The number of nitrogens with one attached hydrogen (secondary N) is 1. The number of benzene rings is 2. The van der Waals surface area contributed by atoms with Crippen LogP contribution in [0.15, 0.2) is 64.3 Å². The minimum Gasteiger partial charge on any atom is -0.490 e. The number of rotatable bonds is 9. The molecular formula is C27H28ClN3O5S. The zero-order valence-corrected chi connectivity index (χ0v) is 22.6. The molecule has 0 aromatic heterocycles. The average molecular weight is 542 g/mol. The number of fused-ring (bicyclic) bond motifs is 1. The number of nitrogens with zero attached hydrogens (tertiary/aromatic N) is 2. The first-order valence-corrected chi connectivity index (χ1v) is 13.1. The van der Waals surface area contributed by atoms with E-state index in [0.717, 1.165) is 16.3 Å². The van der Waals surface area contributed by atoms with Crippen LogP contribution in [0.1, 0.15) is 37.9 Å². The normalized spacial score (nSPS) is 16.3. The fraction of sp³-hybridized carbons (Fsp3) is 0.296. The zero-order chi connectivity index (χ0) is 26.5. The number of hydrogen-bond acceptors (Lipinski definition) is 8. The molecule has 1 N–H and O–H groups in total. The number of amides is 1. The van der Waals surface area contributed by atoms with Crippen LogP contribution in [0.5, 0.6) is 11.5 Å². The van der Waals surface area contributed by atoms with Crippen molar-refractivity contribution < 1.29 is 23.8 Å². The molecule has 194 valence electrons. The number of amidine groups is 1. The number of hydrogen-bond donors (Lipinski definition) is 1. The van der Waals surface area contributed by atoms with E-state index in [9.17, 15) is 9.59 Å². The molecule has 2 aromatic rings. The number of carbonyl (C=O) groups excluding carboxylic acids is 2. The Labute approximate surface area is 225 Å². The smallest absolute Gasteiger partial charge is 0.338 e. The van der Waals surface area contributed by atoms with Gasteiger partial charge >= 0.3 is 5.97 Å². The van der Waals surface area contributed by atoms with E-state index in [0.29, 0.717) is 40.1 Å². The fourth-order valence-corrected chi connectivity index (χ4v) is 4.96. The molecule has 2 aliphatic heterocycles. The summed E-state index contributed by atoms with van der Waals surface area (Å²) in [5, 5.41) is 6.05. The van der Waals surface area contributed by atoms with Crippen LogP contribution in [-0.2, 0) is 14.3 Å². The van der Waals surface area contributed by atoms with Gasteiger partial charge in [0.2, 0.25) is 0 Å². The first-order chi connectivity index (χ1) is 17.8. The van der Waals surface area contributed by atoms with E-state index in [1.165, 1.54) is 11.8 Å². The molecule has 4 rings (SSSR count). The van der Waals surface area contributed by atoms with Gasteiger partial charge in [-0.15, -0.1) is 0 Å².